The minimum Gasteiger partial charge on any atom is -0.481 e. The number of nitrogens with one attached hydrogen (secondary N) is 1. The number of amides is 1. The van der Waals surface area contributed by atoms with Gasteiger partial charge < -0.3 is 10.4 Å². The molecule has 0 saturated carbocycles. The number of hydrogen-bond donors (Lipinski definition) is 2. The highest BCUT2D eigenvalue weighted by Crippen LogP contribution is 2.06. The predicted octanol–water partition coefficient (Wildman–Crippen LogP) is 0.790. The van der Waals surface area contributed by atoms with Crippen LogP contribution in [0.15, 0.2) is 12.7 Å². The number of hydrogen-bond acceptors (Lipinski definition) is 2. The van der Waals surface area contributed by atoms with Gasteiger partial charge in [-0.15, -0.1) is 6.58 Å². The van der Waals surface area contributed by atoms with Crippen molar-refractivity contribution in [1.29, 1.82) is 0 Å². The zero-order valence-corrected chi connectivity index (χ0v) is 7.75. The first-order chi connectivity index (χ1) is 6.06. The molecule has 0 aliphatic carbocycles. The molecule has 0 rings (SSSR count). The largest absolute Gasteiger partial charge is 0.481 e. The van der Waals surface area contributed by atoms with Crippen molar-refractivity contribution in [2.24, 2.45) is 5.92 Å². The predicted molar refractivity (Wildman–Crippen MR) is 49.2 cm³/mol. The molecule has 4 nitrogen and oxygen atoms in total. The second-order valence-corrected chi connectivity index (χ2v) is 3.00. The number of carbonyl (C=O) groups excluding carboxylic acids is 1. The zero-order valence-electron chi connectivity index (χ0n) is 7.75. The Morgan fingerprint density at radius 1 is 1.54 bits per heavy atom. The van der Waals surface area contributed by atoms with Gasteiger partial charge in [0.25, 0.3) is 0 Å². The summed E-state index contributed by atoms with van der Waals surface area (Å²) in [5.74, 6) is -1.13. The fourth-order valence-electron chi connectivity index (χ4n) is 0.945. The zero-order chi connectivity index (χ0) is 10.3. The van der Waals surface area contributed by atoms with Crippen LogP contribution in [0.4, 0.5) is 0 Å². The highest BCUT2D eigenvalue weighted by atomic mass is 16.4. The quantitative estimate of drug-likeness (QED) is 0.601. The van der Waals surface area contributed by atoms with E-state index in [9.17, 15) is 9.59 Å². The highest BCUT2D eigenvalue weighted by molar-refractivity contribution is 5.77. The lowest BCUT2D eigenvalue weighted by Gasteiger charge is -2.07. The van der Waals surface area contributed by atoms with Crippen LogP contribution in [-0.2, 0) is 9.59 Å². The summed E-state index contributed by atoms with van der Waals surface area (Å²) < 4.78 is 0. The SMILES string of the molecule is C=CCNC(=O)C[C@@H](C)CC(=O)O. The molecule has 0 aromatic carbocycles. The lowest BCUT2D eigenvalue weighted by Crippen LogP contribution is -2.25. The monoisotopic (exact) mass is 185 g/mol. The third kappa shape index (κ3) is 7.05. The summed E-state index contributed by atoms with van der Waals surface area (Å²) in [6, 6.07) is 0. The molecule has 0 fully saturated rings. The Balaban J connectivity index is 3.64. The summed E-state index contributed by atoms with van der Waals surface area (Å²) in [5, 5.41) is 11.0. The molecule has 0 unspecified atom stereocenters. The summed E-state index contributed by atoms with van der Waals surface area (Å²) in [5.41, 5.74) is 0. The van der Waals surface area contributed by atoms with Crippen LogP contribution in [0.2, 0.25) is 0 Å². The van der Waals surface area contributed by atoms with E-state index in [2.05, 4.69) is 11.9 Å². The van der Waals surface area contributed by atoms with Gasteiger partial charge in [-0.2, -0.15) is 0 Å². The van der Waals surface area contributed by atoms with Crippen molar-refractivity contribution in [2.45, 2.75) is 19.8 Å². The number of carboxylic acid groups (broad SMARTS) is 1. The van der Waals surface area contributed by atoms with Crippen molar-refractivity contribution in [3.8, 4) is 0 Å². The van der Waals surface area contributed by atoms with Gasteiger partial charge in [0, 0.05) is 19.4 Å². The maximum absolute atomic E-state index is 11.0. The summed E-state index contributed by atoms with van der Waals surface area (Å²) in [4.78, 5) is 21.3. The Morgan fingerprint density at radius 2 is 2.15 bits per heavy atom. The van der Waals surface area contributed by atoms with Gasteiger partial charge in [0.15, 0.2) is 0 Å². The van der Waals surface area contributed by atoms with Crippen molar-refractivity contribution in [3.63, 3.8) is 0 Å². The average molecular weight is 185 g/mol. The smallest absolute Gasteiger partial charge is 0.303 e. The molecular weight excluding hydrogens is 170 g/mol. The molecule has 0 aliphatic rings. The van der Waals surface area contributed by atoms with Gasteiger partial charge in [0.05, 0.1) is 0 Å². The Bertz CT molecular complexity index is 201. The van der Waals surface area contributed by atoms with Gasteiger partial charge in [-0.25, -0.2) is 0 Å². The molecule has 0 heterocycles. The van der Waals surface area contributed by atoms with Gasteiger partial charge in [-0.3, -0.25) is 9.59 Å². The number of carboxylic acids is 1. The van der Waals surface area contributed by atoms with Gasteiger partial charge in [-0.05, 0) is 5.92 Å². The number of rotatable bonds is 6. The molecule has 0 aromatic rings. The molecule has 0 radical (unpaired) electrons. The summed E-state index contributed by atoms with van der Waals surface area (Å²) in [6.07, 6.45) is 1.86. The third-order valence-electron chi connectivity index (χ3n) is 1.50. The second kappa shape index (κ2) is 6.22. The van der Waals surface area contributed by atoms with E-state index in [-0.39, 0.29) is 24.7 Å². The van der Waals surface area contributed by atoms with Crippen LogP contribution in [0.5, 0.6) is 0 Å². The minimum atomic E-state index is -0.871. The maximum atomic E-state index is 11.0. The second-order valence-electron chi connectivity index (χ2n) is 3.00. The molecule has 2 N–H and O–H groups in total. The summed E-state index contributed by atoms with van der Waals surface area (Å²) >= 11 is 0. The molecule has 0 saturated heterocycles. The molecule has 0 bridgehead atoms. The number of aliphatic carboxylic acids is 1. The van der Waals surface area contributed by atoms with Crippen molar-refractivity contribution in [2.75, 3.05) is 6.54 Å². The van der Waals surface area contributed by atoms with E-state index in [0.29, 0.717) is 6.54 Å². The molecule has 13 heavy (non-hydrogen) atoms. The van der Waals surface area contributed by atoms with Crippen LogP contribution in [0, 0.1) is 5.92 Å². The first-order valence-corrected chi connectivity index (χ1v) is 4.15. The van der Waals surface area contributed by atoms with Gasteiger partial charge in [0.2, 0.25) is 5.91 Å². The topological polar surface area (TPSA) is 66.4 Å². The lowest BCUT2D eigenvalue weighted by molar-refractivity contribution is -0.138. The molecule has 1 atom stereocenters. The first kappa shape index (κ1) is 11.7. The molecule has 0 aliphatic heterocycles. The lowest BCUT2D eigenvalue weighted by atomic mass is 10.0. The van der Waals surface area contributed by atoms with Crippen LogP contribution in [0.1, 0.15) is 19.8 Å². The van der Waals surface area contributed by atoms with E-state index >= 15 is 0 Å². The molecular formula is C9H15NO3. The van der Waals surface area contributed by atoms with Gasteiger partial charge in [-0.1, -0.05) is 13.0 Å². The maximum Gasteiger partial charge on any atom is 0.303 e. The van der Waals surface area contributed by atoms with Gasteiger partial charge >= 0.3 is 5.97 Å². The number of carbonyl (C=O) groups is 2. The fraction of sp³-hybridized carbons (Fsp3) is 0.556. The Morgan fingerprint density at radius 3 is 2.62 bits per heavy atom. The van der Waals surface area contributed by atoms with Crippen molar-refractivity contribution in [1.82, 2.24) is 5.32 Å². The molecule has 0 spiro atoms. The van der Waals surface area contributed by atoms with Crippen LogP contribution in [-0.4, -0.2) is 23.5 Å². The Hall–Kier alpha value is -1.32. The van der Waals surface area contributed by atoms with Crippen LogP contribution in [0.25, 0.3) is 0 Å². The molecule has 74 valence electrons. The van der Waals surface area contributed by atoms with Crippen molar-refractivity contribution < 1.29 is 14.7 Å². The molecule has 4 heteroatoms. The summed E-state index contributed by atoms with van der Waals surface area (Å²) in [7, 11) is 0. The highest BCUT2D eigenvalue weighted by Gasteiger charge is 2.11. The average Bonchev–Trinajstić information content (AvgIpc) is 1.98. The Kier molecular flexibility index (Phi) is 5.59. The summed E-state index contributed by atoms with van der Waals surface area (Å²) in [6.45, 7) is 5.62. The van der Waals surface area contributed by atoms with E-state index in [1.54, 1.807) is 13.0 Å². The van der Waals surface area contributed by atoms with E-state index in [4.69, 9.17) is 5.11 Å². The molecule has 0 aromatic heterocycles. The first-order valence-electron chi connectivity index (χ1n) is 4.15. The van der Waals surface area contributed by atoms with Crippen molar-refractivity contribution in [3.05, 3.63) is 12.7 Å². The fourth-order valence-corrected chi connectivity index (χ4v) is 0.945. The minimum absolute atomic E-state index is 0.0293. The van der Waals surface area contributed by atoms with Gasteiger partial charge in [0.1, 0.15) is 0 Å². The van der Waals surface area contributed by atoms with Crippen LogP contribution >= 0.6 is 0 Å². The third-order valence-corrected chi connectivity index (χ3v) is 1.50. The van der Waals surface area contributed by atoms with Crippen LogP contribution < -0.4 is 5.32 Å². The van der Waals surface area contributed by atoms with E-state index < -0.39 is 5.97 Å². The van der Waals surface area contributed by atoms with E-state index in [0.717, 1.165) is 0 Å². The van der Waals surface area contributed by atoms with Crippen LogP contribution in [0.3, 0.4) is 0 Å². The normalized spacial score (nSPS) is 11.8. The molecule has 1 amide bonds. The van der Waals surface area contributed by atoms with Crippen molar-refractivity contribution >= 4 is 11.9 Å². The van der Waals surface area contributed by atoms with E-state index in [1.165, 1.54) is 0 Å². The standard InChI is InChI=1S/C9H15NO3/c1-3-4-10-8(11)5-7(2)6-9(12)13/h3,7H,1,4-6H2,2H3,(H,10,11)(H,12,13)/t7-/m1/s1. The van der Waals surface area contributed by atoms with E-state index in [1.807, 2.05) is 0 Å². The Labute approximate surface area is 77.6 Å².